The summed E-state index contributed by atoms with van der Waals surface area (Å²) >= 11 is 3.43. The lowest BCUT2D eigenvalue weighted by atomic mass is 10.1. The smallest absolute Gasteiger partial charge is 0.163 e. The van der Waals surface area contributed by atoms with Crippen molar-refractivity contribution in [3.63, 3.8) is 0 Å². The van der Waals surface area contributed by atoms with Crippen LogP contribution in [0.1, 0.15) is 28.5 Å². The van der Waals surface area contributed by atoms with E-state index in [1.165, 1.54) is 6.92 Å². The number of nitrogens with zero attached hydrogens (tertiary/aromatic N) is 2. The van der Waals surface area contributed by atoms with Crippen LogP contribution in [0, 0.1) is 13.8 Å². The third-order valence-corrected chi connectivity index (χ3v) is 3.28. The van der Waals surface area contributed by atoms with Gasteiger partial charge in [-0.1, -0.05) is 15.9 Å². The quantitative estimate of drug-likeness (QED) is 0.794. The number of hydrogen-bond donors (Lipinski definition) is 0. The zero-order valence-electron chi connectivity index (χ0n) is 10.5. The molecule has 0 amide bonds. The highest BCUT2D eigenvalue weighted by Gasteiger charge is 2.10. The number of carbonyl (C=O) groups is 1. The highest BCUT2D eigenvalue weighted by Crippen LogP contribution is 2.23. The number of carbonyl (C=O) groups excluding carboxylic acids is 1. The van der Waals surface area contributed by atoms with Crippen LogP contribution in [0.4, 0.5) is 0 Å². The topological polar surface area (TPSA) is 42.9 Å². The number of rotatable bonds is 2. The van der Waals surface area contributed by atoms with Crippen LogP contribution >= 0.6 is 15.9 Å². The van der Waals surface area contributed by atoms with Crippen molar-refractivity contribution in [1.82, 2.24) is 9.97 Å². The summed E-state index contributed by atoms with van der Waals surface area (Å²) in [5, 5.41) is 0. The molecule has 18 heavy (non-hydrogen) atoms. The minimum absolute atomic E-state index is 0.00780. The second-order valence-corrected chi connectivity index (χ2v) is 5.12. The monoisotopic (exact) mass is 304 g/mol. The molecule has 0 radical (unpaired) electrons. The molecule has 0 aliphatic rings. The van der Waals surface area contributed by atoms with Gasteiger partial charge in [0, 0.05) is 16.2 Å². The van der Waals surface area contributed by atoms with Crippen LogP contribution in [-0.4, -0.2) is 15.8 Å². The molecule has 0 saturated heterocycles. The van der Waals surface area contributed by atoms with Crippen molar-refractivity contribution >= 4 is 21.7 Å². The molecule has 3 nitrogen and oxygen atoms in total. The summed E-state index contributed by atoms with van der Waals surface area (Å²) in [5.41, 5.74) is 3.37. The predicted molar refractivity (Wildman–Crippen MR) is 74.6 cm³/mol. The van der Waals surface area contributed by atoms with Crippen LogP contribution in [-0.2, 0) is 0 Å². The van der Waals surface area contributed by atoms with Crippen LogP contribution in [0.25, 0.3) is 11.4 Å². The number of benzene rings is 1. The van der Waals surface area contributed by atoms with Crippen molar-refractivity contribution in [2.24, 2.45) is 0 Å². The molecule has 1 aromatic carbocycles. The predicted octanol–water partition coefficient (Wildman–Crippen LogP) is 3.73. The Bertz CT molecular complexity index is 623. The van der Waals surface area contributed by atoms with E-state index in [1.807, 2.05) is 32.0 Å². The highest BCUT2D eigenvalue weighted by molar-refractivity contribution is 9.10. The first-order valence-electron chi connectivity index (χ1n) is 5.60. The van der Waals surface area contributed by atoms with Crippen molar-refractivity contribution in [3.05, 3.63) is 45.7 Å². The minimum atomic E-state index is -0.00780. The Balaban J connectivity index is 2.52. The summed E-state index contributed by atoms with van der Waals surface area (Å²) in [7, 11) is 0. The summed E-state index contributed by atoms with van der Waals surface area (Å²) in [6.45, 7) is 5.37. The van der Waals surface area contributed by atoms with Crippen molar-refractivity contribution in [1.29, 1.82) is 0 Å². The molecule has 92 valence electrons. The molecule has 1 aromatic heterocycles. The molecule has 4 heteroatoms. The SMILES string of the molecule is CC(=O)c1cnc(-c2ccc(Br)cc2C)nc1C. The van der Waals surface area contributed by atoms with E-state index in [0.29, 0.717) is 11.4 Å². The maximum atomic E-state index is 11.3. The Morgan fingerprint density at radius 1 is 1.28 bits per heavy atom. The van der Waals surface area contributed by atoms with E-state index in [-0.39, 0.29) is 5.78 Å². The first-order chi connectivity index (χ1) is 8.49. The second-order valence-electron chi connectivity index (χ2n) is 4.21. The van der Waals surface area contributed by atoms with Crippen molar-refractivity contribution < 1.29 is 4.79 Å². The van der Waals surface area contributed by atoms with Crippen molar-refractivity contribution in [3.8, 4) is 11.4 Å². The van der Waals surface area contributed by atoms with E-state index in [4.69, 9.17) is 0 Å². The standard InChI is InChI=1S/C14H13BrN2O/c1-8-6-11(15)4-5-12(8)14-16-7-13(10(3)18)9(2)17-14/h4-7H,1-3H3. The van der Waals surface area contributed by atoms with E-state index < -0.39 is 0 Å². The Morgan fingerprint density at radius 2 is 2.00 bits per heavy atom. The lowest BCUT2D eigenvalue weighted by Gasteiger charge is -2.07. The molecule has 2 rings (SSSR count). The third kappa shape index (κ3) is 2.48. The number of halogens is 1. The largest absolute Gasteiger partial charge is 0.294 e. The van der Waals surface area contributed by atoms with E-state index in [9.17, 15) is 4.79 Å². The van der Waals surface area contributed by atoms with Gasteiger partial charge in [-0.2, -0.15) is 0 Å². The van der Waals surface area contributed by atoms with E-state index in [2.05, 4.69) is 25.9 Å². The van der Waals surface area contributed by atoms with Crippen molar-refractivity contribution in [2.75, 3.05) is 0 Å². The normalized spacial score (nSPS) is 10.4. The van der Waals surface area contributed by atoms with Crippen LogP contribution in [0.15, 0.2) is 28.9 Å². The molecule has 1 heterocycles. The number of hydrogen-bond acceptors (Lipinski definition) is 3. The van der Waals surface area contributed by atoms with E-state index in [1.54, 1.807) is 6.20 Å². The lowest BCUT2D eigenvalue weighted by molar-refractivity contribution is 0.101. The summed E-state index contributed by atoms with van der Waals surface area (Å²) in [6, 6.07) is 5.95. The second kappa shape index (κ2) is 4.98. The summed E-state index contributed by atoms with van der Waals surface area (Å²) in [4.78, 5) is 20.0. The van der Waals surface area contributed by atoms with Gasteiger partial charge in [0.2, 0.25) is 0 Å². The van der Waals surface area contributed by atoms with E-state index in [0.717, 1.165) is 21.3 Å². The average molecular weight is 305 g/mol. The maximum Gasteiger partial charge on any atom is 0.163 e. The minimum Gasteiger partial charge on any atom is -0.294 e. The van der Waals surface area contributed by atoms with Gasteiger partial charge in [-0.25, -0.2) is 9.97 Å². The summed E-state index contributed by atoms with van der Waals surface area (Å²) in [5.74, 6) is 0.647. The lowest BCUT2D eigenvalue weighted by Crippen LogP contribution is -2.02. The molecule has 0 N–H and O–H groups in total. The molecule has 0 unspecified atom stereocenters. The molecule has 0 saturated carbocycles. The molecule has 2 aromatic rings. The Labute approximate surface area is 114 Å². The zero-order valence-corrected chi connectivity index (χ0v) is 12.1. The van der Waals surface area contributed by atoms with Gasteiger partial charge in [0.15, 0.2) is 11.6 Å². The van der Waals surface area contributed by atoms with Gasteiger partial charge in [-0.3, -0.25) is 4.79 Å². The molecule has 0 aliphatic heterocycles. The highest BCUT2D eigenvalue weighted by atomic mass is 79.9. The summed E-state index contributed by atoms with van der Waals surface area (Å²) in [6.07, 6.45) is 1.60. The van der Waals surface area contributed by atoms with Gasteiger partial charge in [0.1, 0.15) is 0 Å². The number of aryl methyl sites for hydroxylation is 2. The fourth-order valence-electron chi connectivity index (χ4n) is 1.82. The van der Waals surface area contributed by atoms with Gasteiger partial charge in [-0.15, -0.1) is 0 Å². The average Bonchev–Trinajstić information content (AvgIpc) is 2.28. The molecule has 0 atom stereocenters. The Morgan fingerprint density at radius 3 is 2.56 bits per heavy atom. The fourth-order valence-corrected chi connectivity index (χ4v) is 2.30. The van der Waals surface area contributed by atoms with E-state index >= 15 is 0 Å². The maximum absolute atomic E-state index is 11.3. The van der Waals surface area contributed by atoms with Crippen LogP contribution in [0.5, 0.6) is 0 Å². The Hall–Kier alpha value is -1.55. The van der Waals surface area contributed by atoms with Crippen LogP contribution in [0.3, 0.4) is 0 Å². The molecule has 0 fully saturated rings. The van der Waals surface area contributed by atoms with Gasteiger partial charge in [-0.05, 0) is 44.5 Å². The van der Waals surface area contributed by atoms with Crippen LogP contribution in [0.2, 0.25) is 0 Å². The molecular weight excluding hydrogens is 292 g/mol. The molecule has 0 bridgehead atoms. The molecule has 0 spiro atoms. The van der Waals surface area contributed by atoms with Gasteiger partial charge >= 0.3 is 0 Å². The van der Waals surface area contributed by atoms with Crippen molar-refractivity contribution in [2.45, 2.75) is 20.8 Å². The Kier molecular flexibility index (Phi) is 3.57. The van der Waals surface area contributed by atoms with Gasteiger partial charge in [0.25, 0.3) is 0 Å². The first kappa shape index (κ1) is 12.9. The number of ketones is 1. The summed E-state index contributed by atoms with van der Waals surface area (Å²) < 4.78 is 1.03. The third-order valence-electron chi connectivity index (χ3n) is 2.79. The number of aromatic nitrogens is 2. The number of Topliss-reactive ketones (excluding diaryl/α,β-unsaturated/α-hetero) is 1. The zero-order chi connectivity index (χ0) is 13.3. The fraction of sp³-hybridized carbons (Fsp3) is 0.214. The van der Waals surface area contributed by atoms with Crippen LogP contribution < -0.4 is 0 Å². The molecular formula is C14H13BrN2O. The first-order valence-corrected chi connectivity index (χ1v) is 6.39. The molecule has 0 aliphatic carbocycles. The van der Waals surface area contributed by atoms with Gasteiger partial charge < -0.3 is 0 Å². The van der Waals surface area contributed by atoms with Gasteiger partial charge in [0.05, 0.1) is 11.3 Å².